The van der Waals surface area contributed by atoms with Crippen LogP contribution in [0.25, 0.3) is 11.1 Å². The Balaban J connectivity index is 1.46. The summed E-state index contributed by atoms with van der Waals surface area (Å²) >= 11 is 0. The van der Waals surface area contributed by atoms with Crippen LogP contribution in [0.1, 0.15) is 34.5 Å². The van der Waals surface area contributed by atoms with Gasteiger partial charge in [0.05, 0.1) is 37.0 Å². The van der Waals surface area contributed by atoms with E-state index in [1.54, 1.807) is 36.5 Å². The average molecular weight is 517 g/mol. The lowest BCUT2D eigenvalue weighted by molar-refractivity contribution is 0.102. The van der Waals surface area contributed by atoms with Gasteiger partial charge in [-0.3, -0.25) is 9.78 Å². The highest BCUT2D eigenvalue weighted by atomic mass is 19.1. The fourth-order valence-electron chi connectivity index (χ4n) is 4.55. The molecule has 3 N–H and O–H groups in total. The van der Waals surface area contributed by atoms with Crippen molar-refractivity contribution in [2.24, 2.45) is 0 Å². The van der Waals surface area contributed by atoms with E-state index >= 15 is 4.39 Å². The number of carbonyl (C=O) groups excluding carboxylic acids is 1. The van der Waals surface area contributed by atoms with Gasteiger partial charge in [-0.2, -0.15) is 5.26 Å². The molecule has 196 valence electrons. The molecule has 10 heteroatoms. The molecule has 0 bridgehead atoms. The summed E-state index contributed by atoms with van der Waals surface area (Å²) in [4.78, 5) is 23.7. The van der Waals surface area contributed by atoms with Crippen LogP contribution in [-0.4, -0.2) is 60.4 Å². The third kappa shape index (κ3) is 5.16. The highest BCUT2D eigenvalue weighted by Crippen LogP contribution is 2.46. The third-order valence-electron chi connectivity index (χ3n) is 6.93. The number of morpholine rings is 1. The van der Waals surface area contributed by atoms with E-state index < -0.39 is 11.2 Å². The van der Waals surface area contributed by atoms with Crippen LogP contribution >= 0.6 is 0 Å². The molecule has 1 aliphatic carbocycles. The zero-order valence-corrected chi connectivity index (χ0v) is 21.1. The first-order valence-electron chi connectivity index (χ1n) is 12.6. The van der Waals surface area contributed by atoms with Crippen molar-refractivity contribution < 1.29 is 19.0 Å². The fourth-order valence-corrected chi connectivity index (χ4v) is 4.55. The van der Waals surface area contributed by atoms with Crippen molar-refractivity contribution >= 4 is 23.2 Å². The second-order valence-electron chi connectivity index (χ2n) is 9.55. The quantitative estimate of drug-likeness (QED) is 0.415. The monoisotopic (exact) mass is 516 g/mol. The van der Waals surface area contributed by atoms with Crippen molar-refractivity contribution in [3.63, 3.8) is 0 Å². The summed E-state index contributed by atoms with van der Waals surface area (Å²) in [5, 5.41) is 24.7. The molecule has 9 nitrogen and oxygen atoms in total. The minimum atomic E-state index is -0.591. The maximum Gasteiger partial charge on any atom is 0.255 e. The normalized spacial score (nSPS) is 16.0. The molecule has 0 radical (unpaired) electrons. The summed E-state index contributed by atoms with van der Waals surface area (Å²) < 4.78 is 21.4. The maximum atomic E-state index is 15.9. The number of benzene rings is 1. The minimum Gasteiger partial charge on any atom is -0.395 e. The number of nitrogens with zero attached hydrogens (tertiary/aromatic N) is 4. The van der Waals surface area contributed by atoms with E-state index in [9.17, 15) is 15.2 Å². The predicted molar refractivity (Wildman–Crippen MR) is 142 cm³/mol. The van der Waals surface area contributed by atoms with Gasteiger partial charge in [-0.25, -0.2) is 9.37 Å². The number of nitrogens with one attached hydrogen (secondary N) is 2. The number of hydrogen-bond acceptors (Lipinski definition) is 8. The summed E-state index contributed by atoms with van der Waals surface area (Å²) in [5.41, 5.74) is 2.70. The Morgan fingerprint density at radius 2 is 2.00 bits per heavy atom. The van der Waals surface area contributed by atoms with Gasteiger partial charge in [0.2, 0.25) is 0 Å². The van der Waals surface area contributed by atoms with Crippen LogP contribution in [0, 0.1) is 24.1 Å². The van der Waals surface area contributed by atoms with Gasteiger partial charge in [0.1, 0.15) is 5.82 Å². The van der Waals surface area contributed by atoms with Crippen molar-refractivity contribution in [2.45, 2.75) is 25.2 Å². The number of nitriles is 1. The number of pyridine rings is 2. The van der Waals surface area contributed by atoms with E-state index in [1.807, 2.05) is 17.9 Å². The largest absolute Gasteiger partial charge is 0.395 e. The Morgan fingerprint density at radius 3 is 2.71 bits per heavy atom. The van der Waals surface area contributed by atoms with E-state index in [2.05, 4.69) is 26.7 Å². The third-order valence-corrected chi connectivity index (χ3v) is 6.93. The molecule has 1 saturated heterocycles. The van der Waals surface area contributed by atoms with Crippen LogP contribution in [0.15, 0.2) is 42.6 Å². The SMILES string of the molecule is Cc1ccc(NC(=O)c2ccnc(C3(C#N)CC3)c2)cc1-c1cc(NCCO)nc(N2CCOCC2)c1F. The second-order valence-corrected chi connectivity index (χ2v) is 9.55. The van der Waals surface area contributed by atoms with E-state index in [0.29, 0.717) is 60.2 Å². The lowest BCUT2D eigenvalue weighted by atomic mass is 9.99. The number of ether oxygens (including phenoxy) is 1. The van der Waals surface area contributed by atoms with Crippen LogP contribution in [0.2, 0.25) is 0 Å². The van der Waals surface area contributed by atoms with Gasteiger partial charge in [0, 0.05) is 42.6 Å². The number of hydrogen-bond donors (Lipinski definition) is 3. The molecule has 1 saturated carbocycles. The fraction of sp³-hybridized carbons (Fsp3) is 0.357. The maximum absolute atomic E-state index is 15.9. The smallest absolute Gasteiger partial charge is 0.255 e. The molecule has 1 aromatic carbocycles. The van der Waals surface area contributed by atoms with Crippen LogP contribution in [0.5, 0.6) is 0 Å². The lowest BCUT2D eigenvalue weighted by Crippen LogP contribution is -2.37. The number of aliphatic hydroxyl groups excluding tert-OH is 1. The van der Waals surface area contributed by atoms with Crippen molar-refractivity contribution in [1.82, 2.24) is 9.97 Å². The Morgan fingerprint density at radius 1 is 1.21 bits per heavy atom. The van der Waals surface area contributed by atoms with Gasteiger partial charge in [-0.05, 0) is 61.2 Å². The van der Waals surface area contributed by atoms with Crippen LogP contribution in [0.3, 0.4) is 0 Å². The van der Waals surface area contributed by atoms with Crippen molar-refractivity contribution in [2.75, 3.05) is 55.0 Å². The topological polar surface area (TPSA) is 123 Å². The van der Waals surface area contributed by atoms with E-state index in [1.165, 1.54) is 0 Å². The number of amides is 1. The first-order valence-corrected chi connectivity index (χ1v) is 12.6. The van der Waals surface area contributed by atoms with Crippen LogP contribution in [0.4, 0.5) is 21.7 Å². The number of rotatable bonds is 8. The zero-order chi connectivity index (χ0) is 26.7. The molecule has 1 aliphatic heterocycles. The van der Waals surface area contributed by atoms with Gasteiger partial charge < -0.3 is 25.4 Å². The van der Waals surface area contributed by atoms with Gasteiger partial charge in [0.25, 0.3) is 5.91 Å². The number of halogens is 1. The summed E-state index contributed by atoms with van der Waals surface area (Å²) in [6.07, 6.45) is 3.02. The minimum absolute atomic E-state index is 0.0893. The van der Waals surface area contributed by atoms with Crippen molar-refractivity contribution in [3.05, 3.63) is 65.2 Å². The Hall–Kier alpha value is -4.07. The molecule has 3 aromatic rings. The van der Waals surface area contributed by atoms with Crippen LogP contribution < -0.4 is 15.5 Å². The standard InChI is InChI=1S/C28H29FN6O3/c1-18-2-3-20(33-27(37)19-4-7-31-23(14-19)28(17-30)5-6-28)15-21(18)22-16-24(32-8-11-36)34-26(25(22)29)35-9-12-38-13-10-35/h2-4,7,14-16,36H,5-6,8-13H2,1H3,(H,32,34)(H,33,37). The lowest BCUT2D eigenvalue weighted by Gasteiger charge is -2.29. The Kier molecular flexibility index (Phi) is 7.22. The highest BCUT2D eigenvalue weighted by molar-refractivity contribution is 6.04. The second kappa shape index (κ2) is 10.7. The number of aromatic nitrogens is 2. The molecular weight excluding hydrogens is 487 g/mol. The zero-order valence-electron chi connectivity index (χ0n) is 21.1. The molecule has 38 heavy (non-hydrogen) atoms. The number of aliphatic hydroxyl groups is 1. The summed E-state index contributed by atoms with van der Waals surface area (Å²) in [7, 11) is 0. The van der Waals surface area contributed by atoms with Gasteiger partial charge in [0.15, 0.2) is 11.6 Å². The molecule has 2 fully saturated rings. The average Bonchev–Trinajstić information content (AvgIpc) is 3.76. The highest BCUT2D eigenvalue weighted by Gasteiger charge is 2.46. The molecule has 0 spiro atoms. The van der Waals surface area contributed by atoms with Gasteiger partial charge >= 0.3 is 0 Å². The van der Waals surface area contributed by atoms with Crippen molar-refractivity contribution in [1.29, 1.82) is 5.26 Å². The summed E-state index contributed by atoms with van der Waals surface area (Å²) in [6.45, 7) is 4.06. The van der Waals surface area contributed by atoms with Gasteiger partial charge in [-0.1, -0.05) is 6.07 Å². The first-order chi connectivity index (χ1) is 18.4. The number of aryl methyl sites for hydroxylation is 1. The molecule has 2 aromatic heterocycles. The number of carbonyl (C=O) groups is 1. The molecular formula is C28H29FN6O3. The van der Waals surface area contributed by atoms with E-state index in [4.69, 9.17) is 4.74 Å². The predicted octanol–water partition coefficient (Wildman–Crippen LogP) is 3.64. The molecule has 0 unspecified atom stereocenters. The number of anilines is 3. The Labute approximate surface area is 220 Å². The summed E-state index contributed by atoms with van der Waals surface area (Å²) in [6, 6.07) is 12.5. The Bertz CT molecular complexity index is 1400. The molecule has 2 aliphatic rings. The molecule has 5 rings (SSSR count). The van der Waals surface area contributed by atoms with Crippen molar-refractivity contribution in [3.8, 4) is 17.2 Å². The molecule has 3 heterocycles. The first kappa shape index (κ1) is 25.6. The summed E-state index contributed by atoms with van der Waals surface area (Å²) in [5.74, 6) is -0.137. The van der Waals surface area contributed by atoms with Gasteiger partial charge in [-0.15, -0.1) is 0 Å². The molecule has 1 amide bonds. The molecule has 0 atom stereocenters. The van der Waals surface area contributed by atoms with E-state index in [0.717, 1.165) is 18.4 Å². The van der Waals surface area contributed by atoms with E-state index in [-0.39, 0.29) is 24.9 Å². The van der Waals surface area contributed by atoms with Crippen LogP contribution in [-0.2, 0) is 10.2 Å².